The van der Waals surface area contributed by atoms with E-state index in [0.717, 1.165) is 12.1 Å². The van der Waals surface area contributed by atoms with Gasteiger partial charge in [-0.2, -0.15) is 4.39 Å². The van der Waals surface area contributed by atoms with Gasteiger partial charge in [0.05, 0.1) is 4.92 Å². The summed E-state index contributed by atoms with van der Waals surface area (Å²) in [4.78, 5) is 24.3. The van der Waals surface area contributed by atoms with Crippen molar-refractivity contribution in [2.45, 2.75) is 6.92 Å². The van der Waals surface area contributed by atoms with Crippen LogP contribution in [0.4, 0.5) is 10.1 Å². The highest BCUT2D eigenvalue weighted by Crippen LogP contribution is 2.29. The number of pyridine rings is 1. The predicted molar refractivity (Wildman–Crippen MR) is 69.1 cm³/mol. The third-order valence-corrected chi connectivity index (χ3v) is 2.70. The Morgan fingerprint density at radius 3 is 2.71 bits per heavy atom. The zero-order valence-electron chi connectivity index (χ0n) is 10.7. The van der Waals surface area contributed by atoms with Crippen LogP contribution in [0.15, 0.2) is 30.5 Å². The summed E-state index contributed by atoms with van der Waals surface area (Å²) < 4.78 is 18.8. The first kappa shape index (κ1) is 14.4. The van der Waals surface area contributed by atoms with Gasteiger partial charge < -0.3 is 9.84 Å². The number of carboxylic acids is 1. The molecule has 1 heterocycles. The monoisotopic (exact) mass is 292 g/mol. The molecule has 1 aromatic carbocycles. The molecule has 2 aromatic rings. The first-order valence-electron chi connectivity index (χ1n) is 5.71. The van der Waals surface area contributed by atoms with Crippen molar-refractivity contribution in [2.75, 3.05) is 0 Å². The van der Waals surface area contributed by atoms with Gasteiger partial charge in [-0.25, -0.2) is 9.78 Å². The standard InChI is InChI=1S/C13H9FN2O5/c1-7-11(4-5-15-12(7)13(17)18)21-8-2-3-10(16(19)20)9(14)6-8/h2-6H,1H3,(H,17,18). The van der Waals surface area contributed by atoms with E-state index in [-0.39, 0.29) is 22.8 Å². The molecule has 0 amide bonds. The summed E-state index contributed by atoms with van der Waals surface area (Å²) in [6, 6.07) is 4.47. The molecule has 0 aliphatic carbocycles. The van der Waals surface area contributed by atoms with Gasteiger partial charge in [-0.1, -0.05) is 0 Å². The first-order valence-corrected chi connectivity index (χ1v) is 5.71. The second-order valence-electron chi connectivity index (χ2n) is 4.06. The molecule has 2 rings (SSSR count). The highest BCUT2D eigenvalue weighted by molar-refractivity contribution is 5.87. The Labute approximate surface area is 117 Å². The van der Waals surface area contributed by atoms with Crippen molar-refractivity contribution in [1.82, 2.24) is 4.98 Å². The highest BCUT2D eigenvalue weighted by Gasteiger charge is 2.16. The van der Waals surface area contributed by atoms with E-state index in [1.165, 1.54) is 25.3 Å². The number of aromatic nitrogens is 1. The second kappa shape index (κ2) is 5.53. The van der Waals surface area contributed by atoms with Crippen LogP contribution in [0.2, 0.25) is 0 Å². The van der Waals surface area contributed by atoms with Gasteiger partial charge in [-0.05, 0) is 19.1 Å². The van der Waals surface area contributed by atoms with E-state index in [4.69, 9.17) is 9.84 Å². The Hall–Kier alpha value is -3.03. The summed E-state index contributed by atoms with van der Waals surface area (Å²) in [6.45, 7) is 1.49. The zero-order chi connectivity index (χ0) is 15.6. The van der Waals surface area contributed by atoms with E-state index in [1.54, 1.807) is 0 Å². The average Bonchev–Trinajstić information content (AvgIpc) is 2.40. The van der Waals surface area contributed by atoms with Crippen molar-refractivity contribution in [1.29, 1.82) is 0 Å². The molecule has 21 heavy (non-hydrogen) atoms. The zero-order valence-corrected chi connectivity index (χ0v) is 10.7. The molecule has 0 bridgehead atoms. The summed E-state index contributed by atoms with van der Waals surface area (Å²) in [5, 5.41) is 19.5. The van der Waals surface area contributed by atoms with Crippen molar-refractivity contribution in [3.63, 3.8) is 0 Å². The van der Waals surface area contributed by atoms with Crippen LogP contribution in [0.3, 0.4) is 0 Å². The van der Waals surface area contributed by atoms with Gasteiger partial charge in [-0.3, -0.25) is 10.1 Å². The van der Waals surface area contributed by atoms with Crippen molar-refractivity contribution < 1.29 is 24.0 Å². The quantitative estimate of drug-likeness (QED) is 0.686. The van der Waals surface area contributed by atoms with Crippen LogP contribution in [-0.4, -0.2) is 21.0 Å². The van der Waals surface area contributed by atoms with Gasteiger partial charge in [0.1, 0.15) is 11.5 Å². The van der Waals surface area contributed by atoms with Gasteiger partial charge in [0, 0.05) is 23.9 Å². The predicted octanol–water partition coefficient (Wildman–Crippen LogP) is 2.93. The third kappa shape index (κ3) is 2.94. The summed E-state index contributed by atoms with van der Waals surface area (Å²) in [6.07, 6.45) is 1.24. The molecule has 1 aromatic heterocycles. The molecule has 0 radical (unpaired) electrons. The SMILES string of the molecule is Cc1c(Oc2ccc([N+](=O)[O-])c(F)c2)ccnc1C(=O)O. The Kier molecular flexibility index (Phi) is 3.79. The van der Waals surface area contributed by atoms with E-state index < -0.39 is 22.4 Å². The minimum Gasteiger partial charge on any atom is -0.477 e. The summed E-state index contributed by atoms with van der Waals surface area (Å²) >= 11 is 0. The normalized spacial score (nSPS) is 10.2. The van der Waals surface area contributed by atoms with E-state index in [2.05, 4.69) is 4.98 Å². The van der Waals surface area contributed by atoms with Gasteiger partial charge in [0.2, 0.25) is 5.82 Å². The minimum atomic E-state index is -1.21. The van der Waals surface area contributed by atoms with Crippen LogP contribution in [0.25, 0.3) is 0 Å². The number of carbonyl (C=O) groups is 1. The maximum absolute atomic E-state index is 13.5. The number of halogens is 1. The summed E-state index contributed by atoms with van der Waals surface area (Å²) in [7, 11) is 0. The van der Waals surface area contributed by atoms with Crippen molar-refractivity contribution in [3.05, 3.63) is 57.7 Å². The smallest absolute Gasteiger partial charge is 0.354 e. The van der Waals surface area contributed by atoms with Crippen LogP contribution in [0.5, 0.6) is 11.5 Å². The van der Waals surface area contributed by atoms with Crippen LogP contribution >= 0.6 is 0 Å². The fraction of sp³-hybridized carbons (Fsp3) is 0.0769. The Bertz CT molecular complexity index is 732. The van der Waals surface area contributed by atoms with Crippen molar-refractivity contribution in [2.24, 2.45) is 0 Å². The Morgan fingerprint density at radius 2 is 2.14 bits per heavy atom. The lowest BCUT2D eigenvalue weighted by molar-refractivity contribution is -0.387. The number of hydrogen-bond acceptors (Lipinski definition) is 5. The highest BCUT2D eigenvalue weighted by atomic mass is 19.1. The van der Waals surface area contributed by atoms with E-state index in [0.29, 0.717) is 0 Å². The number of nitro benzene ring substituents is 1. The number of rotatable bonds is 4. The number of hydrogen-bond donors (Lipinski definition) is 1. The van der Waals surface area contributed by atoms with Gasteiger partial charge in [-0.15, -0.1) is 0 Å². The molecular weight excluding hydrogens is 283 g/mol. The maximum atomic E-state index is 13.5. The Balaban J connectivity index is 2.35. The minimum absolute atomic E-state index is 0.0174. The van der Waals surface area contributed by atoms with Gasteiger partial charge in [0.15, 0.2) is 5.69 Å². The molecule has 0 aliphatic heterocycles. The molecule has 1 N–H and O–H groups in total. The molecule has 8 heteroatoms. The van der Waals surface area contributed by atoms with E-state index >= 15 is 0 Å². The fourth-order valence-electron chi connectivity index (χ4n) is 1.67. The molecule has 108 valence electrons. The fourth-order valence-corrected chi connectivity index (χ4v) is 1.67. The maximum Gasteiger partial charge on any atom is 0.354 e. The topological polar surface area (TPSA) is 103 Å². The molecule has 0 spiro atoms. The lowest BCUT2D eigenvalue weighted by atomic mass is 10.2. The number of carboxylic acid groups (broad SMARTS) is 1. The van der Waals surface area contributed by atoms with Crippen LogP contribution < -0.4 is 4.74 Å². The van der Waals surface area contributed by atoms with Crippen LogP contribution in [-0.2, 0) is 0 Å². The van der Waals surface area contributed by atoms with Gasteiger partial charge in [0.25, 0.3) is 0 Å². The lowest BCUT2D eigenvalue weighted by Gasteiger charge is -2.09. The largest absolute Gasteiger partial charge is 0.477 e. The number of benzene rings is 1. The molecule has 0 unspecified atom stereocenters. The Morgan fingerprint density at radius 1 is 1.43 bits per heavy atom. The summed E-state index contributed by atoms with van der Waals surface area (Å²) in [5.41, 5.74) is -0.585. The molecule has 0 saturated carbocycles. The molecule has 0 fully saturated rings. The summed E-state index contributed by atoms with van der Waals surface area (Å²) in [5.74, 6) is -2.06. The number of nitro groups is 1. The molecule has 7 nitrogen and oxygen atoms in total. The molecule has 0 atom stereocenters. The molecular formula is C13H9FN2O5. The van der Waals surface area contributed by atoms with Gasteiger partial charge >= 0.3 is 11.7 Å². The molecule has 0 saturated heterocycles. The van der Waals surface area contributed by atoms with Crippen molar-refractivity contribution >= 4 is 11.7 Å². The number of ether oxygens (including phenoxy) is 1. The van der Waals surface area contributed by atoms with Crippen LogP contribution in [0.1, 0.15) is 16.1 Å². The number of aromatic carboxylic acids is 1. The van der Waals surface area contributed by atoms with E-state index in [1.807, 2.05) is 0 Å². The van der Waals surface area contributed by atoms with Crippen LogP contribution in [0, 0.1) is 22.9 Å². The molecule has 0 aliphatic rings. The lowest BCUT2D eigenvalue weighted by Crippen LogP contribution is -2.04. The third-order valence-electron chi connectivity index (χ3n) is 2.70. The number of nitrogens with zero attached hydrogens (tertiary/aromatic N) is 2. The first-order chi connectivity index (χ1) is 9.90. The van der Waals surface area contributed by atoms with Crippen molar-refractivity contribution in [3.8, 4) is 11.5 Å². The average molecular weight is 292 g/mol. The second-order valence-corrected chi connectivity index (χ2v) is 4.06. The van der Waals surface area contributed by atoms with E-state index in [9.17, 15) is 19.3 Å².